The van der Waals surface area contributed by atoms with Gasteiger partial charge in [-0.05, 0) is 6.92 Å². The molecule has 0 aromatic heterocycles. The molecule has 1 unspecified atom stereocenters. The normalized spacial score (nSPS) is 15.2. The van der Waals surface area contributed by atoms with Crippen molar-refractivity contribution in [3.63, 3.8) is 0 Å². The summed E-state index contributed by atoms with van der Waals surface area (Å²) in [6.07, 6.45) is 0.936. The monoisotopic (exact) mass is 261 g/mol. The quantitative estimate of drug-likeness (QED) is 0.522. The largest absolute Gasteiger partial charge is 0.405 e. The second-order valence-corrected chi connectivity index (χ2v) is 6.51. The Morgan fingerprint density at radius 3 is 2.13 bits per heavy atom. The van der Waals surface area contributed by atoms with E-state index in [1.807, 2.05) is 0 Å². The lowest BCUT2D eigenvalue weighted by Gasteiger charge is -2.19. The van der Waals surface area contributed by atoms with E-state index in [2.05, 4.69) is 18.3 Å². The Bertz CT molecular complexity index is 321. The predicted octanol–water partition coefficient (Wildman–Crippen LogP) is 0.342. The minimum Gasteiger partial charge on any atom is -0.300 e. The van der Waals surface area contributed by atoms with Gasteiger partial charge in [0.2, 0.25) is 0 Å². The molecule has 0 aliphatic rings. The molecule has 9 heteroatoms. The van der Waals surface area contributed by atoms with E-state index in [1.54, 1.807) is 6.92 Å². The van der Waals surface area contributed by atoms with Crippen LogP contribution in [0.3, 0.4) is 0 Å². The topological polar surface area (TPSA) is 90.9 Å². The van der Waals surface area contributed by atoms with Crippen LogP contribution in [0.4, 0.5) is 0 Å². The number of hydrogen-bond donors (Lipinski definition) is 1. The molecule has 0 aliphatic carbocycles. The van der Waals surface area contributed by atoms with Crippen LogP contribution in [0.25, 0.3) is 0 Å². The standard InChI is InChI=1S/C6H16NO6PS/c1-6(5-13-15(4,9)10)7-14(8,11-2)12-3/h6H,5H2,1-4H3,(H,7,8). The summed E-state index contributed by atoms with van der Waals surface area (Å²) in [7, 11) is -4.40. The molecule has 1 N–H and O–H groups in total. The van der Waals surface area contributed by atoms with Crippen molar-refractivity contribution in [2.75, 3.05) is 27.1 Å². The maximum Gasteiger partial charge on any atom is 0.405 e. The summed E-state index contributed by atoms with van der Waals surface area (Å²) in [4.78, 5) is 0. The zero-order valence-electron chi connectivity index (χ0n) is 9.09. The van der Waals surface area contributed by atoms with Gasteiger partial charge in [0, 0.05) is 20.3 Å². The minimum atomic E-state index is -3.50. The highest BCUT2D eigenvalue weighted by Crippen LogP contribution is 2.41. The van der Waals surface area contributed by atoms with Gasteiger partial charge in [-0.25, -0.2) is 9.65 Å². The van der Waals surface area contributed by atoms with Crippen molar-refractivity contribution in [2.45, 2.75) is 13.0 Å². The zero-order chi connectivity index (χ0) is 12.1. The van der Waals surface area contributed by atoms with Gasteiger partial charge >= 0.3 is 7.75 Å². The van der Waals surface area contributed by atoms with Crippen LogP contribution >= 0.6 is 7.75 Å². The second-order valence-electron chi connectivity index (χ2n) is 2.88. The molecule has 0 aliphatic heterocycles. The van der Waals surface area contributed by atoms with Gasteiger partial charge in [0.25, 0.3) is 10.1 Å². The van der Waals surface area contributed by atoms with Crippen LogP contribution in [-0.4, -0.2) is 41.5 Å². The molecule has 92 valence electrons. The molecule has 0 aromatic rings. The Hall–Kier alpha value is 0.0200. The van der Waals surface area contributed by atoms with Crippen LogP contribution in [0.1, 0.15) is 6.92 Å². The number of rotatable bonds is 7. The van der Waals surface area contributed by atoms with Crippen LogP contribution in [0, 0.1) is 0 Å². The molecule has 0 radical (unpaired) electrons. The molecule has 0 amide bonds. The Morgan fingerprint density at radius 2 is 1.80 bits per heavy atom. The summed E-state index contributed by atoms with van der Waals surface area (Å²) in [5, 5.41) is 2.49. The van der Waals surface area contributed by atoms with Gasteiger partial charge in [0.15, 0.2) is 0 Å². The van der Waals surface area contributed by atoms with E-state index >= 15 is 0 Å². The fourth-order valence-electron chi connectivity index (χ4n) is 0.713. The van der Waals surface area contributed by atoms with Gasteiger partial charge in [-0.1, -0.05) is 0 Å². The summed E-state index contributed by atoms with van der Waals surface area (Å²) in [5.74, 6) is 0. The minimum absolute atomic E-state index is 0.143. The van der Waals surface area contributed by atoms with Crippen LogP contribution in [0.2, 0.25) is 0 Å². The van der Waals surface area contributed by atoms with Gasteiger partial charge in [0.05, 0.1) is 12.9 Å². The van der Waals surface area contributed by atoms with Gasteiger partial charge in [-0.3, -0.25) is 4.18 Å². The Kier molecular flexibility index (Phi) is 5.94. The first kappa shape index (κ1) is 15.0. The van der Waals surface area contributed by atoms with Crippen LogP contribution < -0.4 is 5.09 Å². The van der Waals surface area contributed by atoms with Gasteiger partial charge in [-0.15, -0.1) is 0 Å². The first-order valence-electron chi connectivity index (χ1n) is 4.06. The lowest BCUT2D eigenvalue weighted by molar-refractivity contribution is 0.241. The summed E-state index contributed by atoms with van der Waals surface area (Å²) in [6, 6.07) is -0.481. The summed E-state index contributed by atoms with van der Waals surface area (Å²) in [5.41, 5.74) is 0. The molecular formula is C6H16NO6PS. The third kappa shape index (κ3) is 6.99. The molecule has 0 heterocycles. The zero-order valence-corrected chi connectivity index (χ0v) is 10.8. The van der Waals surface area contributed by atoms with E-state index in [4.69, 9.17) is 0 Å². The van der Waals surface area contributed by atoms with Gasteiger partial charge < -0.3 is 9.05 Å². The molecular weight excluding hydrogens is 245 g/mol. The third-order valence-electron chi connectivity index (χ3n) is 1.39. The van der Waals surface area contributed by atoms with Crippen molar-refractivity contribution < 1.29 is 26.2 Å². The summed E-state index contributed by atoms with van der Waals surface area (Å²) < 4.78 is 46.6. The second kappa shape index (κ2) is 5.93. The summed E-state index contributed by atoms with van der Waals surface area (Å²) >= 11 is 0. The van der Waals surface area contributed by atoms with Crippen molar-refractivity contribution in [3.05, 3.63) is 0 Å². The van der Waals surface area contributed by atoms with E-state index in [0.29, 0.717) is 0 Å². The van der Waals surface area contributed by atoms with Gasteiger partial charge in [0.1, 0.15) is 0 Å². The lowest BCUT2D eigenvalue weighted by Crippen LogP contribution is -2.30. The highest BCUT2D eigenvalue weighted by atomic mass is 32.2. The van der Waals surface area contributed by atoms with E-state index in [1.165, 1.54) is 14.2 Å². The molecule has 15 heavy (non-hydrogen) atoms. The Balaban J connectivity index is 4.15. The van der Waals surface area contributed by atoms with Crippen molar-refractivity contribution >= 4 is 17.9 Å². The van der Waals surface area contributed by atoms with Crippen molar-refractivity contribution in [1.29, 1.82) is 0 Å². The highest BCUT2D eigenvalue weighted by Gasteiger charge is 2.24. The SMILES string of the molecule is COP(=O)(NC(C)COS(C)(=O)=O)OC. The molecule has 0 rings (SSSR count). The fraction of sp³-hybridized carbons (Fsp3) is 1.00. The average Bonchev–Trinajstić information content (AvgIpc) is 2.13. The van der Waals surface area contributed by atoms with Crippen LogP contribution in [0.5, 0.6) is 0 Å². The third-order valence-corrected chi connectivity index (χ3v) is 3.67. The molecule has 0 aromatic carbocycles. The first-order valence-corrected chi connectivity index (χ1v) is 7.42. The predicted molar refractivity (Wildman–Crippen MR) is 55.0 cm³/mol. The molecule has 0 spiro atoms. The van der Waals surface area contributed by atoms with Crippen LogP contribution in [0.15, 0.2) is 0 Å². The maximum absolute atomic E-state index is 11.5. The van der Waals surface area contributed by atoms with Crippen molar-refractivity contribution in [2.24, 2.45) is 0 Å². The Labute approximate surface area is 89.8 Å². The number of hydrogen-bond acceptors (Lipinski definition) is 6. The fourth-order valence-corrected chi connectivity index (χ4v) is 2.14. The van der Waals surface area contributed by atoms with E-state index < -0.39 is 23.9 Å². The smallest absolute Gasteiger partial charge is 0.300 e. The molecule has 1 atom stereocenters. The maximum atomic E-state index is 11.5. The van der Waals surface area contributed by atoms with E-state index in [0.717, 1.165) is 6.26 Å². The lowest BCUT2D eigenvalue weighted by atomic mass is 10.4. The number of nitrogens with one attached hydrogen (secondary N) is 1. The molecule has 7 nitrogen and oxygen atoms in total. The summed E-state index contributed by atoms with van der Waals surface area (Å²) in [6.45, 7) is 1.45. The highest BCUT2D eigenvalue weighted by molar-refractivity contribution is 7.85. The van der Waals surface area contributed by atoms with Gasteiger partial charge in [-0.2, -0.15) is 8.42 Å². The first-order chi connectivity index (χ1) is 6.72. The van der Waals surface area contributed by atoms with E-state index in [-0.39, 0.29) is 6.61 Å². The van der Waals surface area contributed by atoms with Crippen molar-refractivity contribution in [3.8, 4) is 0 Å². The van der Waals surface area contributed by atoms with Crippen LogP contribution in [-0.2, 0) is 27.9 Å². The van der Waals surface area contributed by atoms with Crippen molar-refractivity contribution in [1.82, 2.24) is 5.09 Å². The average molecular weight is 261 g/mol. The Morgan fingerprint density at radius 1 is 1.33 bits per heavy atom. The molecule has 0 fully saturated rings. The molecule has 0 saturated heterocycles. The van der Waals surface area contributed by atoms with E-state index in [9.17, 15) is 13.0 Å². The molecule has 0 bridgehead atoms. The molecule has 0 saturated carbocycles.